The van der Waals surface area contributed by atoms with Crippen molar-refractivity contribution in [3.8, 4) is 16.9 Å². The van der Waals surface area contributed by atoms with Gasteiger partial charge in [-0.2, -0.15) is 0 Å². The van der Waals surface area contributed by atoms with Gasteiger partial charge >= 0.3 is 5.97 Å². The van der Waals surface area contributed by atoms with Crippen molar-refractivity contribution in [1.82, 2.24) is 0 Å². The number of carbonyl (C=O) groups excluding carboxylic acids is 1. The van der Waals surface area contributed by atoms with Crippen molar-refractivity contribution in [2.24, 2.45) is 0 Å². The molecule has 0 aliphatic carbocycles. The molecule has 0 fully saturated rings. The summed E-state index contributed by atoms with van der Waals surface area (Å²) in [6.07, 6.45) is -0.274. The van der Waals surface area contributed by atoms with E-state index in [1.807, 2.05) is 31.2 Å². The first-order valence-electron chi connectivity index (χ1n) is 7.28. The lowest BCUT2D eigenvalue weighted by molar-refractivity contribution is 0.00440. The van der Waals surface area contributed by atoms with E-state index in [1.165, 1.54) is 0 Å². The van der Waals surface area contributed by atoms with Crippen molar-refractivity contribution in [2.75, 3.05) is 13.2 Å². The number of phenols is 1. The standard InChI is InChI=1S/C18H20O4/c1-3-21-12-13(2)22-18(20)16-6-4-14(5-7-16)15-8-10-17(19)11-9-15/h4-11,13,19H,3,12H2,1-2H3/t13-/m0/s1. The molecule has 0 aromatic heterocycles. The van der Waals surface area contributed by atoms with Crippen LogP contribution >= 0.6 is 0 Å². The minimum atomic E-state index is -0.357. The van der Waals surface area contributed by atoms with Crippen molar-refractivity contribution < 1.29 is 19.4 Å². The number of carbonyl (C=O) groups is 1. The van der Waals surface area contributed by atoms with E-state index in [9.17, 15) is 9.90 Å². The van der Waals surface area contributed by atoms with Crippen LogP contribution in [-0.4, -0.2) is 30.4 Å². The lowest BCUT2D eigenvalue weighted by atomic mass is 10.0. The van der Waals surface area contributed by atoms with Crippen LogP contribution in [0.2, 0.25) is 0 Å². The second-order valence-corrected chi connectivity index (χ2v) is 5.00. The van der Waals surface area contributed by atoms with Gasteiger partial charge < -0.3 is 14.6 Å². The molecule has 2 aromatic carbocycles. The third kappa shape index (κ3) is 4.33. The first-order chi connectivity index (χ1) is 10.6. The molecule has 4 nitrogen and oxygen atoms in total. The highest BCUT2D eigenvalue weighted by molar-refractivity contribution is 5.90. The van der Waals surface area contributed by atoms with E-state index in [-0.39, 0.29) is 17.8 Å². The van der Waals surface area contributed by atoms with Crippen LogP contribution in [0.15, 0.2) is 48.5 Å². The molecule has 22 heavy (non-hydrogen) atoms. The molecule has 0 amide bonds. The van der Waals surface area contributed by atoms with Crippen LogP contribution in [0, 0.1) is 0 Å². The van der Waals surface area contributed by atoms with Crippen molar-refractivity contribution in [3.05, 3.63) is 54.1 Å². The Morgan fingerprint density at radius 2 is 1.59 bits per heavy atom. The van der Waals surface area contributed by atoms with Crippen LogP contribution in [0.1, 0.15) is 24.2 Å². The average Bonchev–Trinajstić information content (AvgIpc) is 2.54. The second-order valence-electron chi connectivity index (χ2n) is 5.00. The van der Waals surface area contributed by atoms with Crippen molar-refractivity contribution in [1.29, 1.82) is 0 Å². The second kappa shape index (κ2) is 7.61. The molecule has 0 heterocycles. The van der Waals surface area contributed by atoms with Gasteiger partial charge in [-0.1, -0.05) is 24.3 Å². The lowest BCUT2D eigenvalue weighted by Crippen LogP contribution is -2.20. The summed E-state index contributed by atoms with van der Waals surface area (Å²) in [4.78, 5) is 12.0. The van der Waals surface area contributed by atoms with E-state index in [2.05, 4.69) is 0 Å². The molecule has 0 saturated carbocycles. The lowest BCUT2D eigenvalue weighted by Gasteiger charge is -2.13. The largest absolute Gasteiger partial charge is 0.508 e. The molecule has 116 valence electrons. The monoisotopic (exact) mass is 300 g/mol. The maximum absolute atomic E-state index is 12.0. The third-order valence-electron chi connectivity index (χ3n) is 3.19. The zero-order valence-corrected chi connectivity index (χ0v) is 12.8. The Labute approximate surface area is 130 Å². The van der Waals surface area contributed by atoms with Crippen LogP contribution in [0.25, 0.3) is 11.1 Å². The highest BCUT2D eigenvalue weighted by atomic mass is 16.6. The molecule has 0 saturated heterocycles. The smallest absolute Gasteiger partial charge is 0.338 e. The van der Waals surface area contributed by atoms with Crippen LogP contribution in [0.4, 0.5) is 0 Å². The Morgan fingerprint density at radius 3 is 2.14 bits per heavy atom. The van der Waals surface area contributed by atoms with E-state index in [0.717, 1.165) is 11.1 Å². The molecular formula is C18H20O4. The zero-order chi connectivity index (χ0) is 15.9. The molecule has 0 spiro atoms. The fourth-order valence-corrected chi connectivity index (χ4v) is 2.02. The van der Waals surface area contributed by atoms with Gasteiger partial charge in [-0.25, -0.2) is 4.79 Å². The molecule has 0 aliphatic rings. The number of esters is 1. The average molecular weight is 300 g/mol. The van der Waals surface area contributed by atoms with Crippen molar-refractivity contribution in [3.63, 3.8) is 0 Å². The minimum absolute atomic E-state index is 0.229. The number of phenolic OH excluding ortho intramolecular Hbond substituents is 1. The van der Waals surface area contributed by atoms with Gasteiger partial charge in [0.25, 0.3) is 0 Å². The molecule has 0 radical (unpaired) electrons. The molecule has 1 atom stereocenters. The van der Waals surface area contributed by atoms with Crippen LogP contribution in [0.5, 0.6) is 5.75 Å². The number of benzene rings is 2. The third-order valence-corrected chi connectivity index (χ3v) is 3.19. The highest BCUT2D eigenvalue weighted by Crippen LogP contribution is 2.22. The van der Waals surface area contributed by atoms with Gasteiger partial charge in [-0.05, 0) is 49.2 Å². The van der Waals surface area contributed by atoms with E-state index in [4.69, 9.17) is 9.47 Å². The van der Waals surface area contributed by atoms with Crippen molar-refractivity contribution >= 4 is 5.97 Å². The number of hydrogen-bond acceptors (Lipinski definition) is 4. The number of aromatic hydroxyl groups is 1. The molecular weight excluding hydrogens is 280 g/mol. The molecule has 2 rings (SSSR count). The predicted molar refractivity (Wildman–Crippen MR) is 84.9 cm³/mol. The zero-order valence-electron chi connectivity index (χ0n) is 12.8. The first-order valence-corrected chi connectivity index (χ1v) is 7.28. The van der Waals surface area contributed by atoms with Crippen LogP contribution in [0.3, 0.4) is 0 Å². The summed E-state index contributed by atoms with van der Waals surface area (Å²) < 4.78 is 10.5. The van der Waals surface area contributed by atoms with Gasteiger partial charge in [0, 0.05) is 6.61 Å². The van der Waals surface area contributed by atoms with Crippen LogP contribution in [-0.2, 0) is 9.47 Å². The van der Waals surface area contributed by atoms with E-state index < -0.39 is 0 Å². The van der Waals surface area contributed by atoms with E-state index >= 15 is 0 Å². The first kappa shape index (κ1) is 16.0. The van der Waals surface area contributed by atoms with Gasteiger partial charge in [-0.3, -0.25) is 0 Å². The van der Waals surface area contributed by atoms with Gasteiger partial charge in [0.2, 0.25) is 0 Å². The summed E-state index contributed by atoms with van der Waals surface area (Å²) >= 11 is 0. The topological polar surface area (TPSA) is 55.8 Å². The SMILES string of the molecule is CCOC[C@H](C)OC(=O)c1ccc(-c2ccc(O)cc2)cc1. The fraction of sp³-hybridized carbons (Fsp3) is 0.278. The van der Waals surface area contributed by atoms with Gasteiger partial charge in [0.1, 0.15) is 11.9 Å². The summed E-state index contributed by atoms with van der Waals surface area (Å²) in [5, 5.41) is 9.29. The Morgan fingerprint density at radius 1 is 1.05 bits per heavy atom. The van der Waals surface area contributed by atoms with E-state index in [1.54, 1.807) is 31.2 Å². The molecule has 0 bridgehead atoms. The Hall–Kier alpha value is -2.33. The minimum Gasteiger partial charge on any atom is -0.508 e. The maximum atomic E-state index is 12.0. The number of hydrogen-bond donors (Lipinski definition) is 1. The normalized spacial score (nSPS) is 11.9. The quantitative estimate of drug-likeness (QED) is 0.827. The fourth-order valence-electron chi connectivity index (χ4n) is 2.02. The Bertz CT molecular complexity index is 602. The van der Waals surface area contributed by atoms with E-state index in [0.29, 0.717) is 18.8 Å². The van der Waals surface area contributed by atoms with Gasteiger partial charge in [-0.15, -0.1) is 0 Å². The predicted octanol–water partition coefficient (Wildman–Crippen LogP) is 3.64. The summed E-state index contributed by atoms with van der Waals surface area (Å²) in [7, 11) is 0. The summed E-state index contributed by atoms with van der Waals surface area (Å²) in [6, 6.07) is 14.1. The molecule has 4 heteroatoms. The summed E-state index contributed by atoms with van der Waals surface area (Å²) in [5.74, 6) is -0.128. The number of ether oxygens (including phenoxy) is 2. The Balaban J connectivity index is 2.02. The number of rotatable bonds is 6. The molecule has 1 N–H and O–H groups in total. The van der Waals surface area contributed by atoms with Gasteiger partial charge in [0.05, 0.1) is 12.2 Å². The summed E-state index contributed by atoms with van der Waals surface area (Å²) in [6.45, 7) is 4.70. The molecule has 2 aromatic rings. The summed E-state index contributed by atoms with van der Waals surface area (Å²) in [5.41, 5.74) is 2.45. The van der Waals surface area contributed by atoms with Gasteiger partial charge in [0.15, 0.2) is 0 Å². The highest BCUT2D eigenvalue weighted by Gasteiger charge is 2.12. The maximum Gasteiger partial charge on any atom is 0.338 e. The van der Waals surface area contributed by atoms with Crippen molar-refractivity contribution in [2.45, 2.75) is 20.0 Å². The molecule has 0 unspecified atom stereocenters. The Kier molecular flexibility index (Phi) is 5.55. The molecule has 0 aliphatic heterocycles. The van der Waals surface area contributed by atoms with Crippen LogP contribution < -0.4 is 0 Å².